The fourth-order valence-electron chi connectivity index (χ4n) is 1.81. The lowest BCUT2D eigenvalue weighted by Gasteiger charge is -2.17. The minimum absolute atomic E-state index is 0.0672. The van der Waals surface area contributed by atoms with Gasteiger partial charge in [-0.1, -0.05) is 29.8 Å². The normalized spacial score (nSPS) is 27.7. The molecular weight excluding hydrogens is 258 g/mol. The summed E-state index contributed by atoms with van der Waals surface area (Å²) < 4.78 is 5.50. The molecule has 0 bridgehead atoms. The molecular formula is C11H20BrNO2. The van der Waals surface area contributed by atoms with Crippen LogP contribution in [0.15, 0.2) is 0 Å². The third kappa shape index (κ3) is 3.76. The van der Waals surface area contributed by atoms with Gasteiger partial charge < -0.3 is 10.1 Å². The van der Waals surface area contributed by atoms with Gasteiger partial charge in [0.2, 0.25) is 5.91 Å². The Hall–Kier alpha value is -0.0900. The minimum atomic E-state index is 0.0672. The highest BCUT2D eigenvalue weighted by molar-refractivity contribution is 9.09. The minimum Gasteiger partial charge on any atom is -0.377 e. The van der Waals surface area contributed by atoms with Crippen LogP contribution in [0.2, 0.25) is 0 Å². The Balaban J connectivity index is 2.33. The molecule has 1 amide bonds. The van der Waals surface area contributed by atoms with Crippen molar-refractivity contribution in [2.75, 3.05) is 18.5 Å². The molecule has 1 rings (SSSR count). The Morgan fingerprint density at radius 2 is 2.40 bits per heavy atom. The fourth-order valence-corrected chi connectivity index (χ4v) is 2.04. The molecule has 1 fully saturated rings. The lowest BCUT2D eigenvalue weighted by Crippen LogP contribution is -2.37. The number of ether oxygens (including phenoxy) is 1. The number of carbonyl (C=O) groups excluding carboxylic acids is 1. The summed E-state index contributed by atoms with van der Waals surface area (Å²) in [6.07, 6.45) is 1.92. The van der Waals surface area contributed by atoms with Gasteiger partial charge in [0.05, 0.1) is 12.0 Å². The molecule has 0 aromatic heterocycles. The van der Waals surface area contributed by atoms with Crippen molar-refractivity contribution in [3.8, 4) is 0 Å². The highest BCUT2D eigenvalue weighted by Crippen LogP contribution is 2.23. The maximum absolute atomic E-state index is 11.8. The first-order chi connectivity index (χ1) is 7.19. The van der Waals surface area contributed by atoms with Crippen LogP contribution in [0.25, 0.3) is 0 Å². The van der Waals surface area contributed by atoms with Crippen LogP contribution in [-0.4, -0.2) is 30.5 Å². The van der Waals surface area contributed by atoms with Gasteiger partial charge in [0.15, 0.2) is 0 Å². The van der Waals surface area contributed by atoms with Crippen molar-refractivity contribution in [3.05, 3.63) is 0 Å². The van der Waals surface area contributed by atoms with E-state index in [1.165, 1.54) is 0 Å². The number of amides is 1. The first kappa shape index (κ1) is 13.0. The van der Waals surface area contributed by atoms with Crippen LogP contribution in [-0.2, 0) is 9.53 Å². The number of halogens is 1. The molecule has 3 nitrogen and oxygen atoms in total. The van der Waals surface area contributed by atoms with E-state index >= 15 is 0 Å². The molecule has 0 aromatic rings. The van der Waals surface area contributed by atoms with Crippen LogP contribution in [0.3, 0.4) is 0 Å². The molecule has 1 heterocycles. The first-order valence-electron chi connectivity index (χ1n) is 5.64. The molecule has 0 aromatic carbocycles. The standard InChI is InChI=1S/C11H20BrNO2/c1-3-10-9(4-5-15-10)11(14)13-7-8(2)6-12/h8-10H,3-7H2,1-2H3,(H,13,14). The number of carbonyl (C=O) groups is 1. The van der Waals surface area contributed by atoms with Gasteiger partial charge in [-0.05, 0) is 18.8 Å². The number of nitrogens with one attached hydrogen (secondary N) is 1. The summed E-state index contributed by atoms with van der Waals surface area (Å²) >= 11 is 3.40. The molecule has 0 radical (unpaired) electrons. The Kier molecular flexibility index (Phi) is 5.61. The quantitative estimate of drug-likeness (QED) is 0.781. The zero-order chi connectivity index (χ0) is 11.3. The molecule has 15 heavy (non-hydrogen) atoms. The van der Waals surface area contributed by atoms with Gasteiger partial charge in [0.1, 0.15) is 0 Å². The summed E-state index contributed by atoms with van der Waals surface area (Å²) in [5.74, 6) is 0.709. The van der Waals surface area contributed by atoms with Crippen molar-refractivity contribution in [2.24, 2.45) is 11.8 Å². The van der Waals surface area contributed by atoms with E-state index in [0.717, 1.165) is 31.3 Å². The number of alkyl halides is 1. The molecule has 1 saturated heterocycles. The van der Waals surface area contributed by atoms with Crippen LogP contribution in [0, 0.1) is 11.8 Å². The number of rotatable bonds is 5. The third-order valence-corrected chi connectivity index (χ3v) is 3.94. The summed E-state index contributed by atoms with van der Waals surface area (Å²) in [6.45, 7) is 5.65. The predicted octanol–water partition coefficient (Wildman–Crippen LogP) is 1.95. The lowest BCUT2D eigenvalue weighted by atomic mass is 9.98. The summed E-state index contributed by atoms with van der Waals surface area (Å²) in [5, 5.41) is 3.91. The van der Waals surface area contributed by atoms with Gasteiger partial charge in [0.25, 0.3) is 0 Å². The SMILES string of the molecule is CCC1OCCC1C(=O)NCC(C)CBr. The fraction of sp³-hybridized carbons (Fsp3) is 0.909. The van der Waals surface area contributed by atoms with Crippen molar-refractivity contribution in [1.82, 2.24) is 5.32 Å². The maximum Gasteiger partial charge on any atom is 0.225 e. The van der Waals surface area contributed by atoms with Crippen LogP contribution < -0.4 is 5.32 Å². The van der Waals surface area contributed by atoms with Gasteiger partial charge in [-0.3, -0.25) is 4.79 Å². The van der Waals surface area contributed by atoms with Crippen LogP contribution in [0.4, 0.5) is 0 Å². The van der Waals surface area contributed by atoms with Gasteiger partial charge >= 0.3 is 0 Å². The van der Waals surface area contributed by atoms with E-state index in [4.69, 9.17) is 4.74 Å². The molecule has 1 aliphatic heterocycles. The second kappa shape index (κ2) is 6.48. The Labute approximate surface area is 100 Å². The Bertz CT molecular complexity index is 211. The van der Waals surface area contributed by atoms with E-state index in [2.05, 4.69) is 35.1 Å². The molecule has 1 aliphatic rings. The van der Waals surface area contributed by atoms with E-state index in [1.54, 1.807) is 0 Å². The zero-order valence-corrected chi connectivity index (χ0v) is 11.0. The molecule has 3 atom stereocenters. The average molecular weight is 278 g/mol. The van der Waals surface area contributed by atoms with Crippen LogP contribution >= 0.6 is 15.9 Å². The van der Waals surface area contributed by atoms with Crippen molar-refractivity contribution < 1.29 is 9.53 Å². The van der Waals surface area contributed by atoms with Gasteiger partial charge in [-0.2, -0.15) is 0 Å². The van der Waals surface area contributed by atoms with Gasteiger partial charge in [-0.25, -0.2) is 0 Å². The van der Waals surface area contributed by atoms with Crippen LogP contribution in [0.1, 0.15) is 26.7 Å². The molecule has 1 N–H and O–H groups in total. The van der Waals surface area contributed by atoms with E-state index in [0.29, 0.717) is 5.92 Å². The van der Waals surface area contributed by atoms with E-state index in [-0.39, 0.29) is 17.9 Å². The number of hydrogen-bond donors (Lipinski definition) is 1. The first-order valence-corrected chi connectivity index (χ1v) is 6.76. The van der Waals surface area contributed by atoms with E-state index in [9.17, 15) is 4.79 Å². The van der Waals surface area contributed by atoms with Gasteiger partial charge in [-0.15, -0.1) is 0 Å². The molecule has 0 aliphatic carbocycles. The zero-order valence-electron chi connectivity index (χ0n) is 9.46. The molecule has 0 spiro atoms. The van der Waals surface area contributed by atoms with Gasteiger partial charge in [0, 0.05) is 18.5 Å². The largest absolute Gasteiger partial charge is 0.377 e. The molecule has 0 saturated carbocycles. The Morgan fingerprint density at radius 1 is 1.67 bits per heavy atom. The summed E-state index contributed by atoms with van der Waals surface area (Å²) in [5.41, 5.74) is 0. The number of hydrogen-bond acceptors (Lipinski definition) is 2. The molecule has 3 unspecified atom stereocenters. The van der Waals surface area contributed by atoms with Crippen molar-refractivity contribution >= 4 is 21.8 Å². The highest BCUT2D eigenvalue weighted by Gasteiger charge is 2.32. The topological polar surface area (TPSA) is 38.3 Å². The van der Waals surface area contributed by atoms with E-state index < -0.39 is 0 Å². The van der Waals surface area contributed by atoms with E-state index in [1.807, 2.05) is 0 Å². The monoisotopic (exact) mass is 277 g/mol. The average Bonchev–Trinajstić information content (AvgIpc) is 2.73. The maximum atomic E-state index is 11.8. The summed E-state index contributed by atoms with van der Waals surface area (Å²) in [7, 11) is 0. The summed E-state index contributed by atoms with van der Waals surface area (Å²) in [4.78, 5) is 11.8. The Morgan fingerprint density at radius 3 is 3.00 bits per heavy atom. The van der Waals surface area contributed by atoms with Crippen molar-refractivity contribution in [1.29, 1.82) is 0 Å². The molecule has 4 heteroatoms. The third-order valence-electron chi connectivity index (χ3n) is 2.84. The smallest absolute Gasteiger partial charge is 0.225 e. The van der Waals surface area contributed by atoms with Crippen molar-refractivity contribution in [3.63, 3.8) is 0 Å². The predicted molar refractivity (Wildman–Crippen MR) is 64.1 cm³/mol. The molecule has 88 valence electrons. The second-order valence-corrected chi connectivity index (χ2v) is 4.86. The van der Waals surface area contributed by atoms with Crippen molar-refractivity contribution in [2.45, 2.75) is 32.8 Å². The summed E-state index contributed by atoms with van der Waals surface area (Å²) in [6, 6.07) is 0. The van der Waals surface area contributed by atoms with Crippen LogP contribution in [0.5, 0.6) is 0 Å². The highest BCUT2D eigenvalue weighted by atomic mass is 79.9. The lowest BCUT2D eigenvalue weighted by molar-refractivity contribution is -0.126. The second-order valence-electron chi connectivity index (χ2n) is 4.22.